The highest BCUT2D eigenvalue weighted by atomic mass is 16.1. The number of benzene rings is 1. The van der Waals surface area contributed by atoms with Crippen LogP contribution in [0.3, 0.4) is 0 Å². The lowest BCUT2D eigenvalue weighted by atomic mass is 10.1. The third-order valence-corrected chi connectivity index (χ3v) is 2.93. The number of rotatable bonds is 3. The molecule has 4 heteroatoms. The predicted octanol–water partition coefficient (Wildman–Crippen LogP) is 2.72. The highest BCUT2D eigenvalue weighted by molar-refractivity contribution is 6.04. The molecule has 0 bridgehead atoms. The maximum absolute atomic E-state index is 12.0. The Labute approximate surface area is 106 Å². The van der Waals surface area contributed by atoms with Crippen molar-refractivity contribution in [1.29, 1.82) is 0 Å². The van der Waals surface area contributed by atoms with Crippen LogP contribution in [0.25, 0.3) is 0 Å². The van der Waals surface area contributed by atoms with Crippen LogP contribution in [-0.2, 0) is 6.42 Å². The number of para-hydroxylation sites is 1. The minimum absolute atomic E-state index is 0.171. The number of hydrogen-bond donors (Lipinski definition) is 3. The van der Waals surface area contributed by atoms with Crippen LogP contribution in [0.1, 0.15) is 28.5 Å². The summed E-state index contributed by atoms with van der Waals surface area (Å²) in [5.41, 5.74) is 9.68. The van der Waals surface area contributed by atoms with Crippen molar-refractivity contribution in [3.63, 3.8) is 0 Å². The Morgan fingerprint density at radius 1 is 1.44 bits per heavy atom. The van der Waals surface area contributed by atoms with Crippen molar-refractivity contribution < 1.29 is 4.79 Å². The number of hydrogen-bond acceptors (Lipinski definition) is 2. The first kappa shape index (κ1) is 12.2. The fourth-order valence-corrected chi connectivity index (χ4v) is 1.93. The number of nitrogens with one attached hydrogen (secondary N) is 2. The molecule has 94 valence electrons. The van der Waals surface area contributed by atoms with Gasteiger partial charge in [-0.15, -0.1) is 0 Å². The number of aromatic nitrogens is 1. The Kier molecular flexibility index (Phi) is 3.37. The van der Waals surface area contributed by atoms with Gasteiger partial charge in [-0.3, -0.25) is 4.79 Å². The van der Waals surface area contributed by atoms with Gasteiger partial charge >= 0.3 is 0 Å². The second-order valence-electron chi connectivity index (χ2n) is 4.26. The molecule has 1 aromatic carbocycles. The van der Waals surface area contributed by atoms with Crippen LogP contribution in [-0.4, -0.2) is 10.9 Å². The van der Waals surface area contributed by atoms with E-state index in [2.05, 4.69) is 17.2 Å². The molecule has 1 heterocycles. The molecular formula is C14H17N3O. The number of aryl methyl sites for hydroxylation is 2. The molecule has 2 aromatic rings. The molecule has 0 unspecified atom stereocenters. The fourth-order valence-electron chi connectivity index (χ4n) is 1.93. The van der Waals surface area contributed by atoms with Crippen LogP contribution < -0.4 is 11.1 Å². The Morgan fingerprint density at radius 3 is 2.83 bits per heavy atom. The van der Waals surface area contributed by atoms with E-state index in [-0.39, 0.29) is 5.91 Å². The van der Waals surface area contributed by atoms with Crippen molar-refractivity contribution in [1.82, 2.24) is 4.98 Å². The van der Waals surface area contributed by atoms with Crippen molar-refractivity contribution in [2.45, 2.75) is 20.3 Å². The first-order valence-electron chi connectivity index (χ1n) is 5.95. The molecule has 0 fully saturated rings. The van der Waals surface area contributed by atoms with Gasteiger partial charge < -0.3 is 16.0 Å². The molecule has 0 aliphatic carbocycles. The van der Waals surface area contributed by atoms with E-state index < -0.39 is 0 Å². The third-order valence-electron chi connectivity index (χ3n) is 2.93. The SMILES string of the molecule is CCc1cccc(C)c1NC(=O)c1cc(N)c[nH]1. The van der Waals surface area contributed by atoms with Gasteiger partial charge in [-0.1, -0.05) is 25.1 Å². The van der Waals surface area contributed by atoms with Gasteiger partial charge in [-0.05, 0) is 30.5 Å². The molecule has 0 saturated carbocycles. The van der Waals surface area contributed by atoms with Crippen LogP contribution >= 0.6 is 0 Å². The summed E-state index contributed by atoms with van der Waals surface area (Å²) in [6, 6.07) is 7.62. The molecule has 0 spiro atoms. The first-order chi connectivity index (χ1) is 8.61. The van der Waals surface area contributed by atoms with Crippen LogP contribution in [0.2, 0.25) is 0 Å². The summed E-state index contributed by atoms with van der Waals surface area (Å²) in [5, 5.41) is 2.93. The molecule has 18 heavy (non-hydrogen) atoms. The summed E-state index contributed by atoms with van der Waals surface area (Å²) in [6.07, 6.45) is 2.48. The molecule has 1 amide bonds. The Morgan fingerprint density at radius 2 is 2.22 bits per heavy atom. The Hall–Kier alpha value is -2.23. The number of aromatic amines is 1. The molecule has 1 aromatic heterocycles. The van der Waals surface area contributed by atoms with E-state index in [1.807, 2.05) is 25.1 Å². The van der Waals surface area contributed by atoms with E-state index in [1.54, 1.807) is 12.3 Å². The lowest BCUT2D eigenvalue weighted by Gasteiger charge is -2.12. The van der Waals surface area contributed by atoms with Gasteiger partial charge in [0.05, 0.1) is 0 Å². The topological polar surface area (TPSA) is 70.9 Å². The zero-order valence-corrected chi connectivity index (χ0v) is 10.6. The minimum atomic E-state index is -0.171. The van der Waals surface area contributed by atoms with Crippen molar-refractivity contribution >= 4 is 17.3 Å². The van der Waals surface area contributed by atoms with E-state index in [0.29, 0.717) is 11.4 Å². The largest absolute Gasteiger partial charge is 0.397 e. The van der Waals surface area contributed by atoms with E-state index in [0.717, 1.165) is 23.2 Å². The standard InChI is InChI=1S/C14H17N3O/c1-3-10-6-4-5-9(2)13(10)17-14(18)12-7-11(15)8-16-12/h4-8,16H,3,15H2,1-2H3,(H,17,18). The molecule has 4 nitrogen and oxygen atoms in total. The summed E-state index contributed by atoms with van der Waals surface area (Å²) in [7, 11) is 0. The number of nitrogens with two attached hydrogens (primary N) is 1. The molecular weight excluding hydrogens is 226 g/mol. The normalized spacial score (nSPS) is 10.3. The van der Waals surface area contributed by atoms with Crippen LogP contribution in [0, 0.1) is 6.92 Å². The van der Waals surface area contributed by atoms with Crippen molar-refractivity contribution in [3.8, 4) is 0 Å². The number of amides is 1. The summed E-state index contributed by atoms with van der Waals surface area (Å²) >= 11 is 0. The number of carbonyl (C=O) groups is 1. The van der Waals surface area contributed by atoms with Crippen molar-refractivity contribution in [3.05, 3.63) is 47.3 Å². The fraction of sp³-hybridized carbons (Fsp3) is 0.214. The number of carbonyl (C=O) groups excluding carboxylic acids is 1. The number of nitrogen functional groups attached to an aromatic ring is 1. The number of anilines is 2. The number of H-pyrrole nitrogens is 1. The zero-order valence-electron chi connectivity index (χ0n) is 10.6. The average Bonchev–Trinajstić information content (AvgIpc) is 2.78. The van der Waals surface area contributed by atoms with Crippen molar-refractivity contribution in [2.24, 2.45) is 0 Å². The van der Waals surface area contributed by atoms with Gasteiger partial charge in [0.25, 0.3) is 5.91 Å². The summed E-state index contributed by atoms with van der Waals surface area (Å²) < 4.78 is 0. The van der Waals surface area contributed by atoms with E-state index in [4.69, 9.17) is 5.73 Å². The third kappa shape index (κ3) is 2.37. The maximum atomic E-state index is 12.0. The molecule has 0 radical (unpaired) electrons. The van der Waals surface area contributed by atoms with Crippen LogP contribution in [0.15, 0.2) is 30.5 Å². The van der Waals surface area contributed by atoms with E-state index in [9.17, 15) is 4.79 Å². The summed E-state index contributed by atoms with van der Waals surface area (Å²) in [4.78, 5) is 14.9. The van der Waals surface area contributed by atoms with E-state index >= 15 is 0 Å². The lowest BCUT2D eigenvalue weighted by molar-refractivity contribution is 0.102. The van der Waals surface area contributed by atoms with Gasteiger partial charge in [0, 0.05) is 17.6 Å². The molecule has 4 N–H and O–H groups in total. The Balaban J connectivity index is 2.26. The Bertz CT molecular complexity index is 572. The predicted molar refractivity (Wildman–Crippen MR) is 73.7 cm³/mol. The lowest BCUT2D eigenvalue weighted by Crippen LogP contribution is -2.14. The van der Waals surface area contributed by atoms with Crippen LogP contribution in [0.5, 0.6) is 0 Å². The second kappa shape index (κ2) is 4.96. The van der Waals surface area contributed by atoms with Gasteiger partial charge in [0.2, 0.25) is 0 Å². The smallest absolute Gasteiger partial charge is 0.272 e. The second-order valence-corrected chi connectivity index (χ2v) is 4.26. The van der Waals surface area contributed by atoms with Gasteiger partial charge in [-0.2, -0.15) is 0 Å². The summed E-state index contributed by atoms with van der Waals surface area (Å²) in [6.45, 7) is 4.05. The highest BCUT2D eigenvalue weighted by Gasteiger charge is 2.11. The van der Waals surface area contributed by atoms with Gasteiger partial charge in [0.1, 0.15) is 5.69 Å². The molecule has 0 saturated heterocycles. The molecule has 2 rings (SSSR count). The van der Waals surface area contributed by atoms with Gasteiger partial charge in [0.15, 0.2) is 0 Å². The van der Waals surface area contributed by atoms with E-state index in [1.165, 1.54) is 0 Å². The minimum Gasteiger partial charge on any atom is -0.397 e. The molecule has 0 atom stereocenters. The first-order valence-corrected chi connectivity index (χ1v) is 5.95. The van der Waals surface area contributed by atoms with Crippen molar-refractivity contribution in [2.75, 3.05) is 11.1 Å². The molecule has 0 aliphatic rings. The summed E-state index contributed by atoms with van der Waals surface area (Å²) in [5.74, 6) is -0.171. The molecule has 0 aliphatic heterocycles. The zero-order chi connectivity index (χ0) is 13.1. The maximum Gasteiger partial charge on any atom is 0.272 e. The average molecular weight is 243 g/mol. The quantitative estimate of drug-likeness (QED) is 0.775. The highest BCUT2D eigenvalue weighted by Crippen LogP contribution is 2.21. The van der Waals surface area contributed by atoms with Gasteiger partial charge in [-0.25, -0.2) is 0 Å². The monoisotopic (exact) mass is 243 g/mol. The van der Waals surface area contributed by atoms with Crippen LogP contribution in [0.4, 0.5) is 11.4 Å².